The van der Waals surface area contributed by atoms with Gasteiger partial charge in [0.15, 0.2) is 0 Å². The topological polar surface area (TPSA) is 73.1 Å². The Hall–Kier alpha value is -2.56. The van der Waals surface area contributed by atoms with Crippen LogP contribution in [0.5, 0.6) is 11.5 Å². The molecule has 92 valence electrons. The average Bonchev–Trinajstić information content (AvgIpc) is 2.35. The van der Waals surface area contributed by atoms with Crippen molar-refractivity contribution in [1.82, 2.24) is 0 Å². The number of halogens is 1. The molecular formula is C13H10FNO3. The molecule has 0 aliphatic carbocycles. The molecule has 0 bridgehead atoms. The van der Waals surface area contributed by atoms with Crippen LogP contribution >= 0.6 is 0 Å². The quantitative estimate of drug-likeness (QED) is 0.433. The molecule has 2 rings (SSSR count). The van der Waals surface area contributed by atoms with Crippen molar-refractivity contribution in [2.24, 2.45) is 5.16 Å². The Labute approximate surface area is 102 Å². The first-order valence-corrected chi connectivity index (χ1v) is 5.12. The monoisotopic (exact) mass is 247 g/mol. The lowest BCUT2D eigenvalue weighted by atomic mass is 10.0. The molecule has 0 aromatic heterocycles. The normalized spacial score (nSPS) is 11.5. The van der Waals surface area contributed by atoms with Crippen LogP contribution < -0.4 is 0 Å². The van der Waals surface area contributed by atoms with Gasteiger partial charge < -0.3 is 15.4 Å². The number of hydrogen-bond acceptors (Lipinski definition) is 4. The van der Waals surface area contributed by atoms with Crippen molar-refractivity contribution in [2.75, 3.05) is 0 Å². The van der Waals surface area contributed by atoms with Crippen molar-refractivity contribution in [1.29, 1.82) is 0 Å². The number of oxime groups is 1. The molecule has 2 aromatic rings. The van der Waals surface area contributed by atoms with Gasteiger partial charge in [-0.1, -0.05) is 5.16 Å². The van der Waals surface area contributed by atoms with Gasteiger partial charge in [-0.25, -0.2) is 4.39 Å². The van der Waals surface area contributed by atoms with Crippen LogP contribution in [0, 0.1) is 5.82 Å². The summed E-state index contributed by atoms with van der Waals surface area (Å²) in [5.74, 6) is -0.745. The first-order valence-electron chi connectivity index (χ1n) is 5.12. The standard InChI is InChI=1S/C13H10FNO3/c14-9-3-1-8(2-4-9)13(15-18)11-6-5-10(16)7-12(11)17/h1-7,16-18H. The van der Waals surface area contributed by atoms with E-state index in [1.165, 1.54) is 36.4 Å². The van der Waals surface area contributed by atoms with Gasteiger partial charge in [0, 0.05) is 17.2 Å². The fourth-order valence-corrected chi connectivity index (χ4v) is 1.60. The lowest BCUT2D eigenvalue weighted by Gasteiger charge is -2.07. The molecule has 0 heterocycles. The molecule has 0 radical (unpaired) electrons. The molecule has 0 saturated carbocycles. The number of rotatable bonds is 2. The minimum absolute atomic E-state index is 0.0903. The molecule has 18 heavy (non-hydrogen) atoms. The van der Waals surface area contributed by atoms with Gasteiger partial charge >= 0.3 is 0 Å². The molecule has 0 unspecified atom stereocenters. The van der Waals surface area contributed by atoms with Crippen LogP contribution in [-0.2, 0) is 0 Å². The van der Waals surface area contributed by atoms with Crippen LogP contribution in [0.15, 0.2) is 47.6 Å². The van der Waals surface area contributed by atoms with Gasteiger partial charge in [0.25, 0.3) is 0 Å². The SMILES string of the molecule is ON=C(c1ccc(F)cc1)c1ccc(O)cc1O. The molecule has 0 aliphatic heterocycles. The fourth-order valence-electron chi connectivity index (χ4n) is 1.60. The molecular weight excluding hydrogens is 237 g/mol. The Bertz CT molecular complexity index is 594. The van der Waals surface area contributed by atoms with E-state index in [9.17, 15) is 14.6 Å². The molecule has 5 heteroatoms. The maximum absolute atomic E-state index is 12.8. The maximum Gasteiger partial charge on any atom is 0.128 e. The average molecular weight is 247 g/mol. The lowest BCUT2D eigenvalue weighted by molar-refractivity contribution is 0.319. The number of aromatic hydroxyl groups is 2. The summed E-state index contributed by atoms with van der Waals surface area (Å²) in [4.78, 5) is 0. The Morgan fingerprint density at radius 1 is 1.00 bits per heavy atom. The van der Waals surface area contributed by atoms with Gasteiger partial charge in [0.05, 0.1) is 0 Å². The van der Waals surface area contributed by atoms with Crippen LogP contribution in [0.2, 0.25) is 0 Å². The van der Waals surface area contributed by atoms with Gasteiger partial charge in [0.2, 0.25) is 0 Å². The number of phenols is 2. The van der Waals surface area contributed by atoms with Crippen molar-refractivity contribution >= 4 is 5.71 Å². The van der Waals surface area contributed by atoms with Gasteiger partial charge in [-0.2, -0.15) is 0 Å². The lowest BCUT2D eigenvalue weighted by Crippen LogP contribution is -2.03. The summed E-state index contributed by atoms with van der Waals surface area (Å²) >= 11 is 0. The number of nitrogens with zero attached hydrogens (tertiary/aromatic N) is 1. The zero-order valence-electron chi connectivity index (χ0n) is 9.21. The van der Waals surface area contributed by atoms with Gasteiger partial charge in [-0.15, -0.1) is 0 Å². The second kappa shape index (κ2) is 4.75. The van der Waals surface area contributed by atoms with E-state index in [-0.39, 0.29) is 22.8 Å². The Morgan fingerprint density at radius 3 is 2.22 bits per heavy atom. The van der Waals surface area contributed by atoms with Crippen molar-refractivity contribution in [3.8, 4) is 11.5 Å². The smallest absolute Gasteiger partial charge is 0.128 e. The molecule has 0 fully saturated rings. The van der Waals surface area contributed by atoms with E-state index in [0.717, 1.165) is 6.07 Å². The zero-order chi connectivity index (χ0) is 13.1. The highest BCUT2D eigenvalue weighted by atomic mass is 19.1. The number of hydrogen-bond donors (Lipinski definition) is 3. The minimum Gasteiger partial charge on any atom is -0.508 e. The Balaban J connectivity index is 2.49. The Kier molecular flexibility index (Phi) is 3.14. The van der Waals surface area contributed by atoms with Crippen LogP contribution in [0.25, 0.3) is 0 Å². The summed E-state index contributed by atoms with van der Waals surface area (Å²) in [6, 6.07) is 9.18. The van der Waals surface area contributed by atoms with E-state index in [0.29, 0.717) is 5.56 Å². The highest BCUT2D eigenvalue weighted by Crippen LogP contribution is 2.25. The molecule has 2 aromatic carbocycles. The van der Waals surface area contributed by atoms with Crippen LogP contribution in [0.3, 0.4) is 0 Å². The summed E-state index contributed by atoms with van der Waals surface area (Å²) in [6.07, 6.45) is 0. The van der Waals surface area contributed by atoms with Crippen LogP contribution in [0.4, 0.5) is 4.39 Å². The van der Waals surface area contributed by atoms with E-state index in [1.54, 1.807) is 0 Å². The third-order valence-electron chi connectivity index (χ3n) is 2.45. The van der Waals surface area contributed by atoms with Crippen LogP contribution in [0.1, 0.15) is 11.1 Å². The minimum atomic E-state index is -0.411. The van der Waals surface area contributed by atoms with Crippen molar-refractivity contribution in [2.45, 2.75) is 0 Å². The summed E-state index contributed by atoms with van der Waals surface area (Å²) in [5.41, 5.74) is 0.772. The second-order valence-electron chi connectivity index (χ2n) is 3.66. The third kappa shape index (κ3) is 2.24. The molecule has 0 spiro atoms. The molecule has 0 aliphatic rings. The molecule has 3 N–H and O–H groups in total. The molecule has 0 saturated heterocycles. The van der Waals surface area contributed by atoms with Crippen molar-refractivity contribution < 1.29 is 19.8 Å². The summed E-state index contributed by atoms with van der Waals surface area (Å²) in [6.45, 7) is 0. The highest BCUT2D eigenvalue weighted by molar-refractivity contribution is 6.14. The summed E-state index contributed by atoms with van der Waals surface area (Å²) < 4.78 is 12.8. The second-order valence-corrected chi connectivity index (χ2v) is 3.66. The zero-order valence-corrected chi connectivity index (χ0v) is 9.21. The highest BCUT2D eigenvalue weighted by Gasteiger charge is 2.12. The fraction of sp³-hybridized carbons (Fsp3) is 0. The maximum atomic E-state index is 12.8. The number of benzene rings is 2. The van der Waals surface area contributed by atoms with Gasteiger partial charge in [0.1, 0.15) is 23.0 Å². The number of phenolic OH excluding ortho intramolecular Hbond substituents is 2. The first-order chi connectivity index (χ1) is 8.61. The van der Waals surface area contributed by atoms with E-state index in [4.69, 9.17) is 5.21 Å². The van der Waals surface area contributed by atoms with E-state index < -0.39 is 5.82 Å². The summed E-state index contributed by atoms with van der Waals surface area (Å²) in [5, 5.41) is 31.0. The van der Waals surface area contributed by atoms with Crippen LogP contribution in [-0.4, -0.2) is 21.1 Å². The Morgan fingerprint density at radius 2 is 1.67 bits per heavy atom. The van der Waals surface area contributed by atoms with Crippen molar-refractivity contribution in [3.63, 3.8) is 0 Å². The summed E-state index contributed by atoms with van der Waals surface area (Å²) in [7, 11) is 0. The molecule has 0 amide bonds. The van der Waals surface area contributed by atoms with Crippen molar-refractivity contribution in [3.05, 3.63) is 59.4 Å². The first kappa shape index (κ1) is 11.9. The predicted octanol–water partition coefficient (Wildman–Crippen LogP) is 2.46. The van der Waals surface area contributed by atoms with Gasteiger partial charge in [-0.3, -0.25) is 0 Å². The van der Waals surface area contributed by atoms with E-state index >= 15 is 0 Å². The largest absolute Gasteiger partial charge is 0.508 e. The molecule has 0 atom stereocenters. The van der Waals surface area contributed by atoms with E-state index in [1.807, 2.05) is 0 Å². The third-order valence-corrected chi connectivity index (χ3v) is 2.45. The van der Waals surface area contributed by atoms with Gasteiger partial charge in [-0.05, 0) is 36.4 Å². The van der Waals surface area contributed by atoms with E-state index in [2.05, 4.69) is 5.16 Å². The predicted molar refractivity (Wildman–Crippen MR) is 63.6 cm³/mol. The molecule has 4 nitrogen and oxygen atoms in total.